The molecule has 1 amide bonds. The molecular formula is C18H25N3O3S2. The fourth-order valence-corrected chi connectivity index (χ4v) is 4.83. The van der Waals surface area contributed by atoms with Crippen LogP contribution >= 0.6 is 11.3 Å². The van der Waals surface area contributed by atoms with Crippen molar-refractivity contribution >= 4 is 38.6 Å². The number of nitrogens with one attached hydrogen (secondary N) is 2. The van der Waals surface area contributed by atoms with Gasteiger partial charge in [-0.2, -0.15) is 4.31 Å². The summed E-state index contributed by atoms with van der Waals surface area (Å²) in [4.78, 5) is 14.3. The Morgan fingerprint density at radius 3 is 2.31 bits per heavy atom. The number of thiophene rings is 1. The number of rotatable bonds is 8. The van der Waals surface area contributed by atoms with Gasteiger partial charge in [-0.1, -0.05) is 13.8 Å². The molecule has 0 atom stereocenters. The number of amides is 1. The maximum Gasteiger partial charge on any atom is 0.265 e. The van der Waals surface area contributed by atoms with Gasteiger partial charge in [0.25, 0.3) is 5.91 Å². The van der Waals surface area contributed by atoms with E-state index >= 15 is 0 Å². The Morgan fingerprint density at radius 2 is 1.77 bits per heavy atom. The monoisotopic (exact) mass is 395 g/mol. The van der Waals surface area contributed by atoms with Crippen LogP contribution in [0.15, 0.2) is 35.2 Å². The third kappa shape index (κ3) is 4.44. The molecule has 0 saturated heterocycles. The highest BCUT2D eigenvalue weighted by molar-refractivity contribution is 7.89. The first-order chi connectivity index (χ1) is 12.3. The molecule has 0 fully saturated rings. The number of hydrogen-bond donors (Lipinski definition) is 2. The summed E-state index contributed by atoms with van der Waals surface area (Å²) < 4.78 is 26.9. The molecule has 0 aliphatic carbocycles. The Labute approximate surface area is 159 Å². The van der Waals surface area contributed by atoms with Crippen LogP contribution in [0, 0.1) is 6.92 Å². The van der Waals surface area contributed by atoms with Crippen LogP contribution in [0.1, 0.15) is 35.3 Å². The van der Waals surface area contributed by atoms with Gasteiger partial charge in [-0.05, 0) is 44.2 Å². The van der Waals surface area contributed by atoms with Gasteiger partial charge in [0.2, 0.25) is 10.0 Å². The van der Waals surface area contributed by atoms with Crippen molar-refractivity contribution < 1.29 is 13.2 Å². The molecule has 1 aromatic heterocycles. The summed E-state index contributed by atoms with van der Waals surface area (Å²) in [6.07, 6.45) is 0. The number of sulfonamides is 1. The van der Waals surface area contributed by atoms with Crippen molar-refractivity contribution in [2.24, 2.45) is 0 Å². The van der Waals surface area contributed by atoms with Crippen molar-refractivity contribution in [1.29, 1.82) is 0 Å². The van der Waals surface area contributed by atoms with Crippen molar-refractivity contribution in [3.05, 3.63) is 40.1 Å². The molecule has 1 aromatic carbocycles. The fourth-order valence-electron chi connectivity index (χ4n) is 2.58. The maximum absolute atomic E-state index is 12.8. The average molecular weight is 396 g/mol. The van der Waals surface area contributed by atoms with Crippen LogP contribution in [-0.4, -0.2) is 38.3 Å². The summed E-state index contributed by atoms with van der Waals surface area (Å²) in [6, 6.07) is 8.42. The zero-order valence-electron chi connectivity index (χ0n) is 15.5. The van der Waals surface area contributed by atoms with Crippen molar-refractivity contribution in [2.45, 2.75) is 32.6 Å². The zero-order valence-corrected chi connectivity index (χ0v) is 17.1. The number of carbonyl (C=O) groups excluding carboxylic acids is 1. The van der Waals surface area contributed by atoms with Crippen molar-refractivity contribution in [1.82, 2.24) is 4.31 Å². The van der Waals surface area contributed by atoms with Gasteiger partial charge in [0, 0.05) is 24.5 Å². The Hall–Kier alpha value is -1.90. The second-order valence-corrected chi connectivity index (χ2v) is 8.92. The number of nitrogens with zero attached hydrogens (tertiary/aromatic N) is 1. The van der Waals surface area contributed by atoms with Crippen molar-refractivity contribution in [3.8, 4) is 0 Å². The highest BCUT2D eigenvalue weighted by Gasteiger charge is 2.23. The summed E-state index contributed by atoms with van der Waals surface area (Å²) in [5.41, 5.74) is 1.14. The largest absolute Gasteiger partial charge is 0.384 e. The molecule has 0 unspecified atom stereocenters. The number of carbonyl (C=O) groups is 1. The third-order valence-electron chi connectivity index (χ3n) is 3.91. The lowest BCUT2D eigenvalue weighted by Crippen LogP contribution is -2.30. The topological polar surface area (TPSA) is 78.5 Å². The van der Waals surface area contributed by atoms with Gasteiger partial charge >= 0.3 is 0 Å². The number of hydrogen-bond acceptors (Lipinski definition) is 5. The van der Waals surface area contributed by atoms with Gasteiger partial charge in [0.15, 0.2) is 0 Å². The van der Waals surface area contributed by atoms with Crippen LogP contribution in [0.25, 0.3) is 0 Å². The van der Waals surface area contributed by atoms with E-state index in [1.165, 1.54) is 21.7 Å². The molecule has 0 spiro atoms. The minimum absolute atomic E-state index is 0.167. The average Bonchev–Trinajstić information content (AvgIpc) is 3.04. The molecule has 0 radical (unpaired) electrons. The summed E-state index contributed by atoms with van der Waals surface area (Å²) in [5, 5.41) is 5.99. The van der Waals surface area contributed by atoms with Gasteiger partial charge in [-0.25, -0.2) is 8.42 Å². The number of aryl methyl sites for hydroxylation is 1. The maximum atomic E-state index is 12.8. The van der Waals surface area contributed by atoms with Crippen LogP contribution < -0.4 is 10.6 Å². The second kappa shape index (κ2) is 8.66. The summed E-state index contributed by atoms with van der Waals surface area (Å²) in [7, 11) is -3.59. The van der Waals surface area contributed by atoms with Crippen molar-refractivity contribution in [2.75, 3.05) is 30.3 Å². The first-order valence-corrected chi connectivity index (χ1v) is 10.8. The molecule has 2 N–H and O–H groups in total. The van der Waals surface area contributed by atoms with Crippen LogP contribution in [0.2, 0.25) is 0 Å². The first-order valence-electron chi connectivity index (χ1n) is 8.59. The lowest BCUT2D eigenvalue weighted by molar-refractivity contribution is 0.103. The molecule has 26 heavy (non-hydrogen) atoms. The minimum atomic E-state index is -3.59. The van der Waals surface area contributed by atoms with E-state index < -0.39 is 10.0 Å². The highest BCUT2D eigenvalue weighted by atomic mass is 32.2. The van der Waals surface area contributed by atoms with Crippen molar-refractivity contribution in [3.63, 3.8) is 0 Å². The molecule has 142 valence electrons. The van der Waals surface area contributed by atoms with E-state index in [1.54, 1.807) is 32.0 Å². The Balaban J connectivity index is 2.41. The van der Waals surface area contributed by atoms with E-state index in [1.807, 2.05) is 19.9 Å². The van der Waals surface area contributed by atoms with Gasteiger partial charge in [0.1, 0.15) is 0 Å². The second-order valence-electron chi connectivity index (χ2n) is 5.69. The Morgan fingerprint density at radius 1 is 1.08 bits per heavy atom. The molecule has 0 bridgehead atoms. The molecule has 0 aliphatic heterocycles. The van der Waals surface area contributed by atoms with Crippen LogP contribution in [0.4, 0.5) is 11.4 Å². The smallest absolute Gasteiger partial charge is 0.265 e. The third-order valence-corrected chi connectivity index (χ3v) is 6.96. The van der Waals surface area contributed by atoms with Gasteiger partial charge in [-0.3, -0.25) is 4.79 Å². The first kappa shape index (κ1) is 20.4. The summed E-state index contributed by atoms with van der Waals surface area (Å²) in [5.74, 6) is -0.250. The SMILES string of the molecule is CCNc1ccc(S(=O)(=O)N(CC)CC)cc1NC(=O)c1ccc(C)s1. The van der Waals surface area contributed by atoms with Gasteiger partial charge in [-0.15, -0.1) is 11.3 Å². The molecule has 8 heteroatoms. The molecule has 2 aromatic rings. The molecule has 0 saturated carbocycles. The standard InChI is InChI=1S/C18H25N3O3S2/c1-5-19-15-10-9-14(26(23,24)21(6-2)7-3)12-16(15)20-18(22)17-11-8-13(4)25-17/h8-12,19H,5-7H2,1-4H3,(H,20,22). The van der Waals surface area contributed by atoms with E-state index in [-0.39, 0.29) is 10.8 Å². The zero-order chi connectivity index (χ0) is 19.3. The van der Waals surface area contributed by atoms with E-state index in [0.717, 1.165) is 4.88 Å². The molecule has 0 aliphatic rings. The highest BCUT2D eigenvalue weighted by Crippen LogP contribution is 2.28. The van der Waals surface area contributed by atoms with Crippen LogP contribution in [0.5, 0.6) is 0 Å². The Kier molecular flexibility index (Phi) is 6.80. The summed E-state index contributed by atoms with van der Waals surface area (Å²) in [6.45, 7) is 8.92. The minimum Gasteiger partial charge on any atom is -0.384 e. The van der Waals surface area contributed by atoms with Crippen LogP contribution in [0.3, 0.4) is 0 Å². The number of benzene rings is 1. The predicted octanol–water partition coefficient (Wildman–Crippen LogP) is 3.77. The molecule has 2 rings (SSSR count). The normalized spacial score (nSPS) is 11.6. The van der Waals surface area contributed by atoms with E-state index in [4.69, 9.17) is 0 Å². The molecule has 1 heterocycles. The molecule has 6 nitrogen and oxygen atoms in total. The van der Waals surface area contributed by atoms with Crippen LogP contribution in [-0.2, 0) is 10.0 Å². The van der Waals surface area contributed by atoms with Gasteiger partial charge in [0.05, 0.1) is 21.1 Å². The number of anilines is 2. The van der Waals surface area contributed by atoms with Gasteiger partial charge < -0.3 is 10.6 Å². The van der Waals surface area contributed by atoms with E-state index in [0.29, 0.717) is 35.9 Å². The van der Waals surface area contributed by atoms with E-state index in [9.17, 15) is 13.2 Å². The van der Waals surface area contributed by atoms with E-state index in [2.05, 4.69) is 10.6 Å². The quantitative estimate of drug-likeness (QED) is 0.713. The predicted molar refractivity (Wildman–Crippen MR) is 108 cm³/mol. The Bertz CT molecular complexity index is 872. The summed E-state index contributed by atoms with van der Waals surface area (Å²) >= 11 is 1.40. The fraction of sp³-hybridized carbons (Fsp3) is 0.389. The molecular weight excluding hydrogens is 370 g/mol. The lowest BCUT2D eigenvalue weighted by Gasteiger charge is -2.20. The lowest BCUT2D eigenvalue weighted by atomic mass is 10.2.